The first-order chi connectivity index (χ1) is 23.3. The van der Waals surface area contributed by atoms with Crippen LogP contribution in [0, 0.1) is 0 Å². The predicted octanol–water partition coefficient (Wildman–Crippen LogP) is 6.63. The molecule has 6 aromatic rings. The van der Waals surface area contributed by atoms with Gasteiger partial charge in [0.05, 0.1) is 0 Å². The molecule has 238 valence electrons. The highest BCUT2D eigenvalue weighted by Crippen LogP contribution is 2.40. The molecule has 2 aromatic heterocycles. The summed E-state index contributed by atoms with van der Waals surface area (Å²) in [6, 6.07) is 24.9. The summed E-state index contributed by atoms with van der Waals surface area (Å²) in [4.78, 5) is 42.3. The third-order valence-corrected chi connectivity index (χ3v) is 10.2. The molecule has 8 rings (SSSR count). The fourth-order valence-electron chi connectivity index (χ4n) is 7.89. The average molecular weight is 633 g/mol. The number of aryl methyl sites for hydroxylation is 2. The van der Waals surface area contributed by atoms with E-state index < -0.39 is 17.8 Å². The largest absolute Gasteiger partial charge is 0.341 e. The van der Waals surface area contributed by atoms with E-state index in [1.54, 1.807) is 0 Å². The lowest BCUT2D eigenvalue weighted by atomic mass is 9.95. The zero-order valence-corrected chi connectivity index (χ0v) is 27.6. The summed E-state index contributed by atoms with van der Waals surface area (Å²) in [6.45, 7) is 5.89. The number of carbonyl (C=O) groups excluding carboxylic acids is 3. The Morgan fingerprint density at radius 2 is 0.979 bits per heavy atom. The van der Waals surface area contributed by atoms with Crippen molar-refractivity contribution in [3.05, 3.63) is 118 Å². The standard InChI is InChI=1S/C41H36N4O3/c1-5-44-31(29-15-7-11-25-13-9-17-33(44)36(25)29)23-21-27-19-20-28(35(27)38-39(46)42(3)41(48)43(4)40(38)47)22-24-32-30-16-8-12-26-14-10-18-34(37(26)30)45(32)6-2/h7-18,21-24H,5-6,19-20H2,1-4H3/b27-21-,28-22-,31-23-,32-24-. The van der Waals surface area contributed by atoms with E-state index in [1.165, 1.54) is 57.4 Å². The molecule has 48 heavy (non-hydrogen) atoms. The second kappa shape index (κ2) is 11.2. The summed E-state index contributed by atoms with van der Waals surface area (Å²) in [6.07, 6.45) is 9.71. The van der Waals surface area contributed by atoms with Gasteiger partial charge in [-0.1, -0.05) is 72.8 Å². The van der Waals surface area contributed by atoms with Crippen molar-refractivity contribution in [1.82, 2.24) is 18.9 Å². The molecule has 1 saturated heterocycles. The molecule has 2 aliphatic rings. The molecule has 1 aliphatic carbocycles. The van der Waals surface area contributed by atoms with Crippen molar-refractivity contribution in [1.29, 1.82) is 0 Å². The van der Waals surface area contributed by atoms with E-state index >= 15 is 0 Å². The number of hydrogen-bond acceptors (Lipinski definition) is 3. The number of benzene rings is 4. The number of amides is 4. The predicted molar refractivity (Wildman–Crippen MR) is 193 cm³/mol. The van der Waals surface area contributed by atoms with Crippen LogP contribution in [0.15, 0.2) is 107 Å². The van der Waals surface area contributed by atoms with Gasteiger partial charge in [-0.2, -0.15) is 0 Å². The molecule has 4 aromatic carbocycles. The highest BCUT2D eigenvalue weighted by atomic mass is 16.2. The van der Waals surface area contributed by atoms with E-state index in [0.717, 1.165) is 44.7 Å². The van der Waals surface area contributed by atoms with E-state index in [2.05, 4.69) is 120 Å². The Bertz CT molecular complexity index is 2390. The molecule has 1 saturated carbocycles. The lowest BCUT2D eigenvalue weighted by Crippen LogP contribution is -2.53. The molecule has 7 heteroatoms. The molecule has 7 nitrogen and oxygen atoms in total. The van der Waals surface area contributed by atoms with Crippen LogP contribution < -0.4 is 10.7 Å². The molecule has 0 unspecified atom stereocenters. The third kappa shape index (κ3) is 4.23. The van der Waals surface area contributed by atoms with Crippen molar-refractivity contribution in [3.8, 4) is 0 Å². The lowest BCUT2D eigenvalue weighted by Gasteiger charge is -2.30. The molecule has 2 fully saturated rings. The Balaban J connectivity index is 1.37. The van der Waals surface area contributed by atoms with Crippen LogP contribution >= 0.6 is 0 Å². The Morgan fingerprint density at radius 3 is 1.40 bits per heavy atom. The molecule has 0 bridgehead atoms. The van der Waals surface area contributed by atoms with Crippen molar-refractivity contribution in [2.75, 3.05) is 14.1 Å². The first-order valence-electron chi connectivity index (χ1n) is 16.6. The van der Waals surface area contributed by atoms with Crippen LogP contribution in [0.5, 0.6) is 0 Å². The molecule has 1 aliphatic heterocycles. The molecule has 0 radical (unpaired) electrons. The Labute approximate surface area is 278 Å². The van der Waals surface area contributed by atoms with E-state index in [9.17, 15) is 14.4 Å². The van der Waals surface area contributed by atoms with Gasteiger partial charge in [0, 0.05) is 70.5 Å². The van der Waals surface area contributed by atoms with Crippen LogP contribution in [0.4, 0.5) is 4.79 Å². The van der Waals surface area contributed by atoms with Crippen molar-refractivity contribution in [3.63, 3.8) is 0 Å². The van der Waals surface area contributed by atoms with Crippen molar-refractivity contribution in [2.45, 2.75) is 39.8 Å². The fraction of sp³-hybridized carbons (Fsp3) is 0.195. The fourth-order valence-corrected chi connectivity index (χ4v) is 7.89. The second-order valence-electron chi connectivity index (χ2n) is 12.6. The van der Waals surface area contributed by atoms with Gasteiger partial charge in [-0.3, -0.25) is 19.4 Å². The lowest BCUT2D eigenvalue weighted by molar-refractivity contribution is -0.134. The highest BCUT2D eigenvalue weighted by Gasteiger charge is 2.41. The monoisotopic (exact) mass is 632 g/mol. The minimum absolute atomic E-state index is 0.0414. The van der Waals surface area contributed by atoms with Gasteiger partial charge in [0.15, 0.2) is 0 Å². The van der Waals surface area contributed by atoms with Crippen LogP contribution in [-0.4, -0.2) is 50.9 Å². The van der Waals surface area contributed by atoms with Crippen LogP contribution in [0.3, 0.4) is 0 Å². The molecule has 0 atom stereocenters. The summed E-state index contributed by atoms with van der Waals surface area (Å²) in [5.41, 5.74) is 4.84. The molecule has 3 heterocycles. The quantitative estimate of drug-likeness (QED) is 0.162. The number of carbonyl (C=O) groups is 3. The van der Waals surface area contributed by atoms with Gasteiger partial charge >= 0.3 is 6.03 Å². The van der Waals surface area contributed by atoms with Gasteiger partial charge in [0.1, 0.15) is 5.57 Å². The Kier molecular flexibility index (Phi) is 6.95. The van der Waals surface area contributed by atoms with E-state index in [4.69, 9.17) is 0 Å². The van der Waals surface area contributed by atoms with Crippen molar-refractivity contribution < 1.29 is 14.4 Å². The topological polar surface area (TPSA) is 67.6 Å². The summed E-state index contributed by atoms with van der Waals surface area (Å²) in [5.74, 6) is -1.14. The van der Waals surface area contributed by atoms with Crippen molar-refractivity contribution in [2.24, 2.45) is 0 Å². The summed E-state index contributed by atoms with van der Waals surface area (Å²) >= 11 is 0. The van der Waals surface area contributed by atoms with Crippen molar-refractivity contribution >= 4 is 73.3 Å². The number of barbiturate groups is 1. The van der Waals surface area contributed by atoms with Gasteiger partial charge in [0.25, 0.3) is 11.8 Å². The minimum atomic E-state index is -0.626. The zero-order valence-electron chi connectivity index (χ0n) is 27.6. The molecule has 0 spiro atoms. The maximum absolute atomic E-state index is 13.7. The maximum atomic E-state index is 13.7. The van der Waals surface area contributed by atoms with Gasteiger partial charge in [-0.15, -0.1) is 0 Å². The number of rotatable bonds is 4. The van der Waals surface area contributed by atoms with Crippen LogP contribution in [-0.2, 0) is 22.7 Å². The van der Waals surface area contributed by atoms with Gasteiger partial charge in [-0.05, 0) is 78.5 Å². The minimum Gasteiger partial charge on any atom is -0.341 e. The third-order valence-electron chi connectivity index (χ3n) is 10.2. The molecule has 0 N–H and O–H groups in total. The number of imide groups is 2. The summed E-state index contributed by atoms with van der Waals surface area (Å²) in [7, 11) is 2.87. The summed E-state index contributed by atoms with van der Waals surface area (Å²) in [5, 5.41) is 9.36. The van der Waals surface area contributed by atoms with Gasteiger partial charge < -0.3 is 9.13 Å². The highest BCUT2D eigenvalue weighted by molar-refractivity contribution is 6.29. The normalized spacial score (nSPS) is 18.7. The van der Waals surface area contributed by atoms with E-state index in [1.807, 2.05) is 0 Å². The number of aromatic nitrogens is 2. The Hall–Kier alpha value is -5.69. The first kappa shape index (κ1) is 29.7. The van der Waals surface area contributed by atoms with Crippen LogP contribution in [0.25, 0.3) is 55.5 Å². The number of urea groups is 1. The number of likely N-dealkylation sites (N-methyl/N-ethyl adjacent to an activating group) is 2. The number of hydrogen-bond donors (Lipinski definition) is 0. The smallest absolute Gasteiger partial charge is 0.333 e. The Morgan fingerprint density at radius 1 is 0.562 bits per heavy atom. The van der Waals surface area contributed by atoms with Crippen LogP contribution in [0.2, 0.25) is 0 Å². The van der Waals surface area contributed by atoms with Gasteiger partial charge in [0.2, 0.25) is 0 Å². The zero-order chi connectivity index (χ0) is 33.3. The molecule has 4 amide bonds. The van der Waals surface area contributed by atoms with E-state index in [0.29, 0.717) is 18.4 Å². The second-order valence-corrected chi connectivity index (χ2v) is 12.6. The average Bonchev–Trinajstić information content (AvgIpc) is 3.76. The number of allylic oxidation sites excluding steroid dienone is 5. The van der Waals surface area contributed by atoms with Gasteiger partial charge in [-0.25, -0.2) is 4.79 Å². The maximum Gasteiger partial charge on any atom is 0.333 e. The van der Waals surface area contributed by atoms with E-state index in [-0.39, 0.29) is 5.57 Å². The first-order valence-corrected chi connectivity index (χ1v) is 16.6. The molecular weight excluding hydrogens is 596 g/mol. The number of nitrogens with zero attached hydrogens (tertiary/aromatic N) is 4. The summed E-state index contributed by atoms with van der Waals surface area (Å²) < 4.78 is 4.62. The SMILES string of the molecule is CCn1/c(=C\C=C2\CC/C(=C/C=c3/c4cccc5cccc(c54)n3CC)C2=C2C(=O)N(C)C(=O)N(C)C2=O)c2cccc3cccc1c32. The van der Waals surface area contributed by atoms with Crippen LogP contribution in [0.1, 0.15) is 26.7 Å². The molecular formula is C41H36N4O3.